The van der Waals surface area contributed by atoms with E-state index in [1.165, 1.54) is 18.2 Å². The number of rotatable bonds is 5. The Morgan fingerprint density at radius 1 is 1.00 bits per heavy atom. The van der Waals surface area contributed by atoms with Crippen molar-refractivity contribution < 1.29 is 35.9 Å². The predicted molar refractivity (Wildman–Crippen MR) is 83.3 cm³/mol. The monoisotopic (exact) mass is 389 g/mol. The molecule has 2 N–H and O–H groups in total. The highest BCUT2D eigenvalue weighted by Gasteiger charge is 2.75. The van der Waals surface area contributed by atoms with Crippen LogP contribution < -0.4 is 10.5 Å². The summed E-state index contributed by atoms with van der Waals surface area (Å²) in [5.41, 5.74) is 2.51. The van der Waals surface area contributed by atoms with E-state index in [0.29, 0.717) is 0 Å². The second kappa shape index (κ2) is 6.17. The topological polar surface area (TPSA) is 52.3 Å². The number of nitrogens with two attached hydrogens (primary N) is 1. The molecule has 0 aromatic heterocycles. The SMILES string of the molecule is NC(=O)c1ccc(Oc2ccc(C3(C(F)(F)C(F)(F)F)CC3)cc2)c(F)c1. The lowest BCUT2D eigenvalue weighted by atomic mass is 9.88. The van der Waals surface area contributed by atoms with Crippen LogP contribution >= 0.6 is 0 Å². The minimum atomic E-state index is -5.65. The van der Waals surface area contributed by atoms with Gasteiger partial charge in [0.05, 0.1) is 5.41 Å². The minimum absolute atomic E-state index is 0.0376. The standard InChI is InChI=1S/C18H13F6NO2/c19-13-9-10(15(25)26)1-6-14(13)27-12-4-2-11(3-5-12)16(7-8-16)17(20,21)18(22,23)24/h1-6,9H,7-8H2,(H2,25,26). The lowest BCUT2D eigenvalue weighted by Crippen LogP contribution is -2.47. The number of halogens is 6. The molecule has 0 spiro atoms. The third kappa shape index (κ3) is 3.22. The van der Waals surface area contributed by atoms with Crippen LogP contribution in [0.2, 0.25) is 0 Å². The molecule has 0 saturated heterocycles. The Hall–Kier alpha value is -2.71. The lowest BCUT2D eigenvalue weighted by Gasteiger charge is -2.29. The first-order chi connectivity index (χ1) is 12.5. The van der Waals surface area contributed by atoms with Crippen molar-refractivity contribution in [1.29, 1.82) is 0 Å². The Bertz CT molecular complexity index is 872. The summed E-state index contributed by atoms with van der Waals surface area (Å²) in [5, 5.41) is 0. The minimum Gasteiger partial charge on any atom is -0.454 e. The quantitative estimate of drug-likeness (QED) is 0.736. The molecule has 1 saturated carbocycles. The molecular weight excluding hydrogens is 376 g/mol. The molecule has 0 atom stereocenters. The van der Waals surface area contributed by atoms with Gasteiger partial charge in [0.1, 0.15) is 5.75 Å². The molecule has 27 heavy (non-hydrogen) atoms. The number of carbonyl (C=O) groups is 1. The number of benzene rings is 2. The van der Waals surface area contributed by atoms with Gasteiger partial charge in [-0.3, -0.25) is 4.79 Å². The van der Waals surface area contributed by atoms with Gasteiger partial charge >= 0.3 is 12.1 Å². The largest absolute Gasteiger partial charge is 0.454 e. The number of hydrogen-bond donors (Lipinski definition) is 1. The Morgan fingerprint density at radius 2 is 1.59 bits per heavy atom. The van der Waals surface area contributed by atoms with E-state index in [-0.39, 0.29) is 35.5 Å². The third-order valence-electron chi connectivity index (χ3n) is 4.56. The first kappa shape index (κ1) is 19.1. The van der Waals surface area contributed by atoms with Crippen molar-refractivity contribution in [2.24, 2.45) is 5.73 Å². The molecule has 1 aliphatic rings. The number of alkyl halides is 5. The second-order valence-corrected chi connectivity index (χ2v) is 6.29. The fourth-order valence-electron chi connectivity index (χ4n) is 2.89. The molecule has 3 rings (SSSR count). The van der Waals surface area contributed by atoms with E-state index < -0.39 is 29.2 Å². The van der Waals surface area contributed by atoms with Crippen LogP contribution in [0.15, 0.2) is 42.5 Å². The van der Waals surface area contributed by atoms with Gasteiger partial charge in [0, 0.05) is 5.56 Å². The number of ether oxygens (including phenoxy) is 1. The molecule has 1 aliphatic carbocycles. The smallest absolute Gasteiger partial charge is 0.454 e. The summed E-state index contributed by atoms with van der Waals surface area (Å²) in [4.78, 5) is 11.0. The van der Waals surface area contributed by atoms with Crippen LogP contribution in [0.5, 0.6) is 11.5 Å². The van der Waals surface area contributed by atoms with Crippen LogP contribution in [0.4, 0.5) is 26.3 Å². The number of amides is 1. The molecule has 0 unspecified atom stereocenters. The van der Waals surface area contributed by atoms with Gasteiger partial charge in [0.25, 0.3) is 0 Å². The summed E-state index contributed by atoms with van der Waals surface area (Å²) in [6.45, 7) is 0. The molecular formula is C18H13F6NO2. The van der Waals surface area contributed by atoms with E-state index in [2.05, 4.69) is 0 Å². The van der Waals surface area contributed by atoms with E-state index in [0.717, 1.165) is 24.3 Å². The zero-order valence-corrected chi connectivity index (χ0v) is 13.6. The molecule has 1 fully saturated rings. The molecule has 0 heterocycles. The van der Waals surface area contributed by atoms with Gasteiger partial charge in [-0.2, -0.15) is 22.0 Å². The Morgan fingerprint density at radius 3 is 2.04 bits per heavy atom. The van der Waals surface area contributed by atoms with E-state index >= 15 is 0 Å². The van der Waals surface area contributed by atoms with Gasteiger partial charge in [0.15, 0.2) is 11.6 Å². The van der Waals surface area contributed by atoms with Crippen LogP contribution in [0, 0.1) is 5.82 Å². The van der Waals surface area contributed by atoms with Gasteiger partial charge in [-0.25, -0.2) is 4.39 Å². The van der Waals surface area contributed by atoms with Crippen molar-refractivity contribution >= 4 is 5.91 Å². The van der Waals surface area contributed by atoms with Gasteiger partial charge in [-0.05, 0) is 48.7 Å². The molecule has 0 aliphatic heterocycles. The fourth-order valence-corrected chi connectivity index (χ4v) is 2.89. The van der Waals surface area contributed by atoms with Crippen LogP contribution in [-0.2, 0) is 5.41 Å². The first-order valence-electron chi connectivity index (χ1n) is 7.80. The normalized spacial score (nSPS) is 16.1. The number of hydrogen-bond acceptors (Lipinski definition) is 2. The number of primary amides is 1. The first-order valence-corrected chi connectivity index (χ1v) is 7.80. The van der Waals surface area contributed by atoms with Crippen molar-refractivity contribution in [3.63, 3.8) is 0 Å². The summed E-state index contributed by atoms with van der Waals surface area (Å²) in [7, 11) is 0. The van der Waals surface area contributed by atoms with Crippen LogP contribution in [-0.4, -0.2) is 18.0 Å². The maximum Gasteiger partial charge on any atom is 0.454 e. The van der Waals surface area contributed by atoms with Crippen LogP contribution in [0.25, 0.3) is 0 Å². The predicted octanol–water partition coefficient (Wildman–Crippen LogP) is 4.95. The maximum absolute atomic E-state index is 13.9. The molecule has 9 heteroatoms. The molecule has 2 aromatic rings. The van der Waals surface area contributed by atoms with E-state index in [1.54, 1.807) is 0 Å². The molecule has 144 valence electrons. The third-order valence-corrected chi connectivity index (χ3v) is 4.56. The van der Waals surface area contributed by atoms with E-state index in [9.17, 15) is 31.1 Å². The lowest BCUT2D eigenvalue weighted by molar-refractivity contribution is -0.296. The summed E-state index contributed by atoms with van der Waals surface area (Å²) in [6.07, 6.45) is -6.23. The maximum atomic E-state index is 13.9. The summed E-state index contributed by atoms with van der Waals surface area (Å²) in [6, 6.07) is 7.85. The van der Waals surface area contributed by atoms with Gasteiger partial charge in [-0.15, -0.1) is 0 Å². The van der Waals surface area contributed by atoms with Crippen molar-refractivity contribution in [2.45, 2.75) is 30.4 Å². The molecule has 1 amide bonds. The highest BCUT2D eigenvalue weighted by atomic mass is 19.4. The van der Waals surface area contributed by atoms with Crippen molar-refractivity contribution in [1.82, 2.24) is 0 Å². The highest BCUT2D eigenvalue weighted by molar-refractivity contribution is 5.92. The average Bonchev–Trinajstić information content (AvgIpc) is 3.38. The molecule has 3 nitrogen and oxygen atoms in total. The summed E-state index contributed by atoms with van der Waals surface area (Å²) in [5.74, 6) is -6.77. The van der Waals surface area contributed by atoms with Crippen molar-refractivity contribution in [3.8, 4) is 11.5 Å². The van der Waals surface area contributed by atoms with Crippen molar-refractivity contribution in [2.75, 3.05) is 0 Å². The molecule has 2 aromatic carbocycles. The Balaban J connectivity index is 1.82. The average molecular weight is 389 g/mol. The summed E-state index contributed by atoms with van der Waals surface area (Å²) >= 11 is 0. The van der Waals surface area contributed by atoms with Crippen LogP contribution in [0.1, 0.15) is 28.8 Å². The van der Waals surface area contributed by atoms with E-state index in [4.69, 9.17) is 10.5 Å². The Labute approximate surface area is 149 Å². The molecule has 0 radical (unpaired) electrons. The van der Waals surface area contributed by atoms with Gasteiger partial charge in [-0.1, -0.05) is 12.1 Å². The van der Waals surface area contributed by atoms with Crippen LogP contribution in [0.3, 0.4) is 0 Å². The highest BCUT2D eigenvalue weighted by Crippen LogP contribution is 2.63. The zero-order valence-electron chi connectivity index (χ0n) is 13.6. The zero-order chi connectivity index (χ0) is 20.0. The van der Waals surface area contributed by atoms with E-state index in [1.807, 2.05) is 0 Å². The van der Waals surface area contributed by atoms with Gasteiger partial charge < -0.3 is 10.5 Å². The summed E-state index contributed by atoms with van der Waals surface area (Å²) < 4.78 is 84.9. The number of carbonyl (C=O) groups excluding carboxylic acids is 1. The second-order valence-electron chi connectivity index (χ2n) is 6.29. The molecule has 0 bridgehead atoms. The Kier molecular flexibility index (Phi) is 4.36. The van der Waals surface area contributed by atoms with Crippen molar-refractivity contribution in [3.05, 3.63) is 59.4 Å². The fraction of sp³-hybridized carbons (Fsp3) is 0.278. The van der Waals surface area contributed by atoms with Gasteiger partial charge in [0.2, 0.25) is 5.91 Å².